The molecule has 0 spiro atoms. The van der Waals surface area contributed by atoms with Crippen molar-refractivity contribution in [3.8, 4) is 22.8 Å². The topological polar surface area (TPSA) is 87.4 Å². The lowest BCUT2D eigenvalue weighted by atomic mass is 9.93. The fraction of sp³-hybridized carbons (Fsp3) is 0.304. The number of phenols is 1. The Bertz CT molecular complexity index is 1110. The molecule has 1 fully saturated rings. The molecule has 2 aromatic carbocycles. The van der Waals surface area contributed by atoms with Crippen LogP contribution in [0, 0.1) is 6.92 Å². The zero-order valence-electron chi connectivity index (χ0n) is 17.0. The number of aromatic hydroxyl groups is 1. The summed E-state index contributed by atoms with van der Waals surface area (Å²) in [7, 11) is 0. The molecule has 0 radical (unpaired) electrons. The first kappa shape index (κ1) is 21.7. The summed E-state index contributed by atoms with van der Waals surface area (Å²) in [6, 6.07) is 11.7. The first-order chi connectivity index (χ1) is 14.8. The second-order valence-electron chi connectivity index (χ2n) is 7.84. The van der Waals surface area contributed by atoms with Crippen molar-refractivity contribution >= 4 is 29.1 Å². The highest BCUT2D eigenvalue weighted by molar-refractivity contribution is 6.36. The van der Waals surface area contributed by atoms with Crippen LogP contribution in [0.15, 0.2) is 42.5 Å². The number of carbonyl (C=O) groups is 1. The lowest BCUT2D eigenvalue weighted by Crippen LogP contribution is -2.40. The predicted octanol–water partition coefficient (Wildman–Crippen LogP) is 4.89. The van der Waals surface area contributed by atoms with E-state index in [1.165, 1.54) is 0 Å². The molecule has 162 valence electrons. The van der Waals surface area contributed by atoms with E-state index in [0.29, 0.717) is 33.5 Å². The van der Waals surface area contributed by atoms with Crippen LogP contribution in [0.3, 0.4) is 0 Å². The molecule has 0 bridgehead atoms. The molecule has 1 saturated carbocycles. The van der Waals surface area contributed by atoms with Crippen LogP contribution in [0.2, 0.25) is 10.0 Å². The van der Waals surface area contributed by atoms with Crippen molar-refractivity contribution in [2.45, 2.75) is 44.8 Å². The molecule has 1 heterocycles. The number of aliphatic hydroxyl groups excluding tert-OH is 1. The number of halogens is 2. The first-order valence-electron chi connectivity index (χ1n) is 10.2. The van der Waals surface area contributed by atoms with Gasteiger partial charge in [0.25, 0.3) is 5.91 Å². The van der Waals surface area contributed by atoms with E-state index in [1.807, 2.05) is 11.5 Å². The summed E-state index contributed by atoms with van der Waals surface area (Å²) in [6.45, 7) is 1.82. The van der Waals surface area contributed by atoms with Gasteiger partial charge in [0.1, 0.15) is 17.3 Å². The summed E-state index contributed by atoms with van der Waals surface area (Å²) < 4.78 is 1.83. The van der Waals surface area contributed by atoms with Crippen molar-refractivity contribution in [1.29, 1.82) is 0 Å². The molecular formula is C23H23Cl2N3O3. The highest BCUT2D eigenvalue weighted by Crippen LogP contribution is 2.33. The van der Waals surface area contributed by atoms with E-state index in [-0.39, 0.29) is 23.4 Å². The Hall–Kier alpha value is -2.54. The number of rotatable bonds is 4. The van der Waals surface area contributed by atoms with Crippen molar-refractivity contribution in [1.82, 2.24) is 14.9 Å². The minimum Gasteiger partial charge on any atom is -0.508 e. The maximum atomic E-state index is 13.1. The van der Waals surface area contributed by atoms with Crippen LogP contribution in [0.4, 0.5) is 0 Å². The maximum Gasteiger partial charge on any atom is 0.272 e. The molecular weight excluding hydrogens is 437 g/mol. The van der Waals surface area contributed by atoms with Gasteiger partial charge in [0, 0.05) is 22.3 Å². The summed E-state index contributed by atoms with van der Waals surface area (Å²) in [5, 5.41) is 23.5. The number of carbonyl (C=O) groups excluding carboxylic acids is 1. The molecule has 4 rings (SSSR count). The standard InChI is InChI=1S/C23H23Cl2N3O3/c1-13-21(23(31)26-15-3-2-4-18(30)12-15)27-22(19-10-5-14(24)11-20(19)25)28(13)16-6-8-17(29)9-7-16/h5-11,15,18,29-30H,2-4,12H2,1H3,(H,26,31). The Kier molecular flexibility index (Phi) is 6.23. The molecule has 1 aromatic heterocycles. The Morgan fingerprint density at radius 2 is 1.90 bits per heavy atom. The number of benzene rings is 2. The van der Waals surface area contributed by atoms with Gasteiger partial charge in [-0.05, 0) is 75.1 Å². The number of hydrogen-bond donors (Lipinski definition) is 3. The van der Waals surface area contributed by atoms with Gasteiger partial charge in [-0.1, -0.05) is 23.2 Å². The number of amides is 1. The molecule has 1 aliphatic rings. The summed E-state index contributed by atoms with van der Waals surface area (Å²) in [4.78, 5) is 17.8. The molecule has 1 aliphatic carbocycles. The van der Waals surface area contributed by atoms with E-state index in [0.717, 1.165) is 24.9 Å². The average molecular weight is 460 g/mol. The van der Waals surface area contributed by atoms with E-state index in [2.05, 4.69) is 10.3 Å². The number of imidazole rings is 1. The van der Waals surface area contributed by atoms with E-state index in [9.17, 15) is 15.0 Å². The lowest BCUT2D eigenvalue weighted by Gasteiger charge is -2.26. The van der Waals surface area contributed by atoms with Gasteiger partial charge in [-0.15, -0.1) is 0 Å². The van der Waals surface area contributed by atoms with E-state index in [4.69, 9.17) is 23.2 Å². The summed E-state index contributed by atoms with van der Waals surface area (Å²) in [6.07, 6.45) is 2.62. The zero-order chi connectivity index (χ0) is 22.1. The molecule has 2 unspecified atom stereocenters. The Morgan fingerprint density at radius 1 is 1.16 bits per heavy atom. The molecule has 31 heavy (non-hydrogen) atoms. The third-order valence-corrected chi connectivity index (χ3v) is 6.13. The first-order valence-corrected chi connectivity index (χ1v) is 10.9. The normalized spacial score (nSPS) is 18.7. The number of aliphatic hydroxyl groups is 1. The molecule has 0 saturated heterocycles. The Morgan fingerprint density at radius 3 is 2.58 bits per heavy atom. The Labute approximate surface area is 190 Å². The molecule has 0 aliphatic heterocycles. The second kappa shape index (κ2) is 8.91. The highest BCUT2D eigenvalue weighted by Gasteiger charge is 2.27. The van der Waals surface area contributed by atoms with Crippen LogP contribution in [0.5, 0.6) is 5.75 Å². The van der Waals surface area contributed by atoms with Gasteiger partial charge in [0.2, 0.25) is 0 Å². The summed E-state index contributed by atoms with van der Waals surface area (Å²) in [5.41, 5.74) is 2.29. The van der Waals surface area contributed by atoms with Crippen molar-refractivity contribution in [2.75, 3.05) is 0 Å². The van der Waals surface area contributed by atoms with Crippen molar-refractivity contribution < 1.29 is 15.0 Å². The molecule has 6 nitrogen and oxygen atoms in total. The SMILES string of the molecule is Cc1c(C(=O)NC2CCCC(O)C2)nc(-c2ccc(Cl)cc2Cl)n1-c1ccc(O)cc1. The second-order valence-corrected chi connectivity index (χ2v) is 8.68. The van der Waals surface area contributed by atoms with Crippen LogP contribution in [-0.4, -0.2) is 37.8 Å². The van der Waals surface area contributed by atoms with Gasteiger partial charge in [0.15, 0.2) is 0 Å². The molecule has 1 amide bonds. The predicted molar refractivity (Wildman–Crippen MR) is 121 cm³/mol. The largest absolute Gasteiger partial charge is 0.508 e. The number of nitrogens with one attached hydrogen (secondary N) is 1. The van der Waals surface area contributed by atoms with E-state index in [1.54, 1.807) is 42.5 Å². The summed E-state index contributed by atoms with van der Waals surface area (Å²) >= 11 is 12.5. The lowest BCUT2D eigenvalue weighted by molar-refractivity contribution is 0.0845. The van der Waals surface area contributed by atoms with Gasteiger partial charge in [-0.25, -0.2) is 4.98 Å². The third kappa shape index (κ3) is 4.56. The number of aromatic nitrogens is 2. The minimum atomic E-state index is -0.391. The van der Waals surface area contributed by atoms with Crippen LogP contribution < -0.4 is 5.32 Å². The zero-order valence-corrected chi connectivity index (χ0v) is 18.5. The minimum absolute atomic E-state index is 0.0861. The number of hydrogen-bond acceptors (Lipinski definition) is 4. The molecule has 8 heteroatoms. The van der Waals surface area contributed by atoms with Crippen molar-refractivity contribution in [2.24, 2.45) is 0 Å². The number of phenolic OH excluding ortho intramolecular Hbond substituents is 1. The number of nitrogens with zero attached hydrogens (tertiary/aromatic N) is 2. The Balaban J connectivity index is 1.78. The smallest absolute Gasteiger partial charge is 0.272 e. The van der Waals surface area contributed by atoms with Crippen molar-refractivity contribution in [3.63, 3.8) is 0 Å². The van der Waals surface area contributed by atoms with Gasteiger partial charge < -0.3 is 15.5 Å². The van der Waals surface area contributed by atoms with E-state index >= 15 is 0 Å². The molecule has 3 N–H and O–H groups in total. The van der Waals surface area contributed by atoms with Crippen molar-refractivity contribution in [3.05, 3.63) is 63.9 Å². The molecule has 3 aromatic rings. The van der Waals surface area contributed by atoms with Crippen LogP contribution in [0.25, 0.3) is 17.1 Å². The maximum absolute atomic E-state index is 13.1. The van der Waals surface area contributed by atoms with Crippen LogP contribution in [0.1, 0.15) is 41.9 Å². The van der Waals surface area contributed by atoms with Crippen LogP contribution >= 0.6 is 23.2 Å². The average Bonchev–Trinajstić information content (AvgIpc) is 3.06. The fourth-order valence-corrected chi connectivity index (χ4v) is 4.53. The third-order valence-electron chi connectivity index (χ3n) is 5.58. The quantitative estimate of drug-likeness (QED) is 0.517. The summed E-state index contributed by atoms with van der Waals surface area (Å²) in [5.74, 6) is 0.348. The molecule has 2 atom stereocenters. The van der Waals surface area contributed by atoms with Crippen LogP contribution in [-0.2, 0) is 0 Å². The van der Waals surface area contributed by atoms with Gasteiger partial charge in [-0.2, -0.15) is 0 Å². The van der Waals surface area contributed by atoms with E-state index < -0.39 is 6.10 Å². The van der Waals surface area contributed by atoms with Gasteiger partial charge >= 0.3 is 0 Å². The fourth-order valence-electron chi connectivity index (χ4n) is 4.03. The monoisotopic (exact) mass is 459 g/mol. The highest BCUT2D eigenvalue weighted by atomic mass is 35.5. The van der Waals surface area contributed by atoms with Gasteiger partial charge in [-0.3, -0.25) is 9.36 Å². The van der Waals surface area contributed by atoms with Gasteiger partial charge in [0.05, 0.1) is 16.8 Å².